The fourth-order valence-corrected chi connectivity index (χ4v) is 3.92. The van der Waals surface area contributed by atoms with Gasteiger partial charge in [0.2, 0.25) is 5.91 Å². The molecule has 0 heterocycles. The minimum atomic E-state index is -0.649. The number of nitrogens with one attached hydrogen (secondary N) is 2. The van der Waals surface area contributed by atoms with Crippen molar-refractivity contribution in [3.05, 3.63) is 101 Å². The Morgan fingerprint density at radius 3 is 2.18 bits per heavy atom. The van der Waals surface area contributed by atoms with Crippen LogP contribution < -0.4 is 10.6 Å². The summed E-state index contributed by atoms with van der Waals surface area (Å²) in [4.78, 5) is 28.4. The normalized spacial score (nSPS) is 12.4. The van der Waals surface area contributed by atoms with Gasteiger partial charge in [0.15, 0.2) is 0 Å². The van der Waals surface area contributed by atoms with Crippen LogP contribution in [-0.2, 0) is 17.8 Å². The third-order valence-corrected chi connectivity index (χ3v) is 6.12. The monoisotopic (exact) mass is 477 g/mol. The summed E-state index contributed by atoms with van der Waals surface area (Å²) in [5, 5.41) is 6.23. The molecule has 3 rings (SSSR count). The maximum Gasteiger partial charge on any atom is 0.319 e. The van der Waals surface area contributed by atoms with Gasteiger partial charge in [-0.1, -0.05) is 98.6 Å². The number of rotatable bonds is 10. The first kappa shape index (κ1) is 25.3. The van der Waals surface area contributed by atoms with Crippen molar-refractivity contribution in [1.82, 2.24) is 10.2 Å². The summed E-state index contributed by atoms with van der Waals surface area (Å²) in [5.41, 5.74) is 2.79. The average molecular weight is 478 g/mol. The molecule has 2 atom stereocenters. The van der Waals surface area contributed by atoms with E-state index >= 15 is 0 Å². The third kappa shape index (κ3) is 7.63. The van der Waals surface area contributed by atoms with Crippen LogP contribution in [0.3, 0.4) is 0 Å². The topological polar surface area (TPSA) is 61.4 Å². The molecule has 5 nitrogen and oxygen atoms in total. The number of urea groups is 1. The molecule has 0 aromatic heterocycles. The van der Waals surface area contributed by atoms with Crippen molar-refractivity contribution in [2.45, 2.75) is 39.3 Å². The molecule has 2 N–H and O–H groups in total. The highest BCUT2D eigenvalue weighted by Gasteiger charge is 2.30. The molecule has 3 amide bonds. The summed E-state index contributed by atoms with van der Waals surface area (Å²) in [7, 11) is 0. The minimum Gasteiger partial charge on any atom is -0.336 e. The molecular formula is C28H32ClN3O2. The molecule has 0 bridgehead atoms. The van der Waals surface area contributed by atoms with Crippen LogP contribution in [0.25, 0.3) is 0 Å². The van der Waals surface area contributed by atoms with E-state index in [1.807, 2.05) is 67.3 Å². The van der Waals surface area contributed by atoms with Gasteiger partial charge in [-0.25, -0.2) is 4.79 Å². The number of carbonyl (C=O) groups excluding carboxylic acids is 2. The molecule has 0 fully saturated rings. The van der Waals surface area contributed by atoms with E-state index in [0.29, 0.717) is 23.8 Å². The third-order valence-electron chi connectivity index (χ3n) is 5.89. The second kappa shape index (κ2) is 12.8. The lowest BCUT2D eigenvalue weighted by molar-refractivity contribution is -0.135. The Labute approximate surface area is 207 Å². The van der Waals surface area contributed by atoms with Crippen molar-refractivity contribution in [2.75, 3.05) is 11.9 Å². The molecule has 0 spiro atoms. The van der Waals surface area contributed by atoms with E-state index < -0.39 is 12.1 Å². The average Bonchev–Trinajstić information content (AvgIpc) is 2.85. The standard InChI is InChI=1S/C28H32ClN3O2/c1-3-21(2)26(31-28(34)30-25-16-10-15-24(29)19-25)27(33)32(20-23-13-8-5-9-14-23)18-17-22-11-6-4-7-12-22/h4-16,19,21,26H,3,17-18,20H2,1-2H3,(H2,30,31,34). The first-order valence-electron chi connectivity index (χ1n) is 11.7. The predicted octanol–water partition coefficient (Wildman–Crippen LogP) is 6.15. The SMILES string of the molecule is CCC(C)C(NC(=O)Nc1cccc(Cl)c1)C(=O)N(CCc1ccccc1)Cc1ccccc1. The summed E-state index contributed by atoms with van der Waals surface area (Å²) in [6.45, 7) is 5.05. The van der Waals surface area contributed by atoms with Crippen molar-refractivity contribution in [3.63, 3.8) is 0 Å². The first-order valence-corrected chi connectivity index (χ1v) is 12.0. The molecule has 0 radical (unpaired) electrons. The van der Waals surface area contributed by atoms with Gasteiger partial charge in [0.25, 0.3) is 0 Å². The van der Waals surface area contributed by atoms with E-state index in [2.05, 4.69) is 22.8 Å². The molecule has 6 heteroatoms. The molecule has 3 aromatic rings. The number of halogens is 1. The predicted molar refractivity (Wildman–Crippen MR) is 139 cm³/mol. The molecule has 0 aliphatic heterocycles. The van der Waals surface area contributed by atoms with Gasteiger partial charge < -0.3 is 15.5 Å². The maximum atomic E-state index is 13.8. The molecule has 0 aliphatic rings. The van der Waals surface area contributed by atoms with Crippen LogP contribution in [0.15, 0.2) is 84.9 Å². The summed E-state index contributed by atoms with van der Waals surface area (Å²) in [6.07, 6.45) is 1.49. The van der Waals surface area contributed by atoms with E-state index in [-0.39, 0.29) is 11.8 Å². The lowest BCUT2D eigenvalue weighted by Gasteiger charge is -2.31. The van der Waals surface area contributed by atoms with Gasteiger partial charge in [-0.15, -0.1) is 0 Å². The number of nitrogens with zero attached hydrogens (tertiary/aromatic N) is 1. The van der Waals surface area contributed by atoms with Crippen molar-refractivity contribution < 1.29 is 9.59 Å². The minimum absolute atomic E-state index is 0.0346. The summed E-state index contributed by atoms with van der Waals surface area (Å²) < 4.78 is 0. The molecular weight excluding hydrogens is 446 g/mol. The summed E-state index contributed by atoms with van der Waals surface area (Å²) in [5.74, 6) is -0.122. The Morgan fingerprint density at radius 2 is 1.56 bits per heavy atom. The van der Waals surface area contributed by atoms with Crippen molar-refractivity contribution >= 4 is 29.2 Å². The maximum absolute atomic E-state index is 13.8. The largest absolute Gasteiger partial charge is 0.336 e. The highest BCUT2D eigenvalue weighted by molar-refractivity contribution is 6.30. The molecule has 3 aromatic carbocycles. The lowest BCUT2D eigenvalue weighted by atomic mass is 9.97. The van der Waals surface area contributed by atoms with Crippen molar-refractivity contribution in [2.24, 2.45) is 5.92 Å². The molecule has 2 unspecified atom stereocenters. The van der Waals surface area contributed by atoms with Gasteiger partial charge in [-0.2, -0.15) is 0 Å². The van der Waals surface area contributed by atoms with E-state index in [9.17, 15) is 9.59 Å². The zero-order chi connectivity index (χ0) is 24.3. The summed E-state index contributed by atoms with van der Waals surface area (Å²) in [6, 6.07) is 25.9. The Bertz CT molecular complexity index is 1060. The van der Waals surface area contributed by atoms with Crippen LogP contribution in [0.5, 0.6) is 0 Å². The number of amides is 3. The van der Waals surface area contributed by atoms with E-state index in [4.69, 9.17) is 11.6 Å². The second-order valence-electron chi connectivity index (χ2n) is 8.45. The van der Waals surface area contributed by atoms with Crippen LogP contribution in [0.4, 0.5) is 10.5 Å². The fourth-order valence-electron chi connectivity index (χ4n) is 3.73. The van der Waals surface area contributed by atoms with Gasteiger partial charge in [-0.3, -0.25) is 4.79 Å². The van der Waals surface area contributed by atoms with Gasteiger partial charge in [0.1, 0.15) is 6.04 Å². The van der Waals surface area contributed by atoms with Crippen LogP contribution in [-0.4, -0.2) is 29.4 Å². The number of hydrogen-bond donors (Lipinski definition) is 2. The van der Waals surface area contributed by atoms with E-state index in [1.54, 1.807) is 24.3 Å². The number of carbonyl (C=O) groups is 2. The second-order valence-corrected chi connectivity index (χ2v) is 8.89. The van der Waals surface area contributed by atoms with Crippen molar-refractivity contribution in [3.8, 4) is 0 Å². The molecule has 0 aliphatic carbocycles. The zero-order valence-electron chi connectivity index (χ0n) is 19.7. The van der Waals surface area contributed by atoms with Gasteiger partial charge in [0.05, 0.1) is 0 Å². The Balaban J connectivity index is 1.77. The van der Waals surface area contributed by atoms with Crippen LogP contribution >= 0.6 is 11.6 Å². The quantitative estimate of drug-likeness (QED) is 0.368. The Kier molecular flexibility index (Phi) is 9.53. The van der Waals surface area contributed by atoms with E-state index in [1.165, 1.54) is 5.56 Å². The molecule has 0 saturated heterocycles. The molecule has 178 valence electrons. The van der Waals surface area contributed by atoms with Gasteiger partial charge >= 0.3 is 6.03 Å². The fraction of sp³-hybridized carbons (Fsp3) is 0.286. The number of hydrogen-bond acceptors (Lipinski definition) is 2. The lowest BCUT2D eigenvalue weighted by Crippen LogP contribution is -2.52. The van der Waals surface area contributed by atoms with E-state index in [0.717, 1.165) is 18.4 Å². The van der Waals surface area contributed by atoms with Crippen LogP contribution in [0.2, 0.25) is 5.02 Å². The number of anilines is 1. The number of benzene rings is 3. The van der Waals surface area contributed by atoms with Gasteiger partial charge in [-0.05, 0) is 41.7 Å². The molecule has 34 heavy (non-hydrogen) atoms. The van der Waals surface area contributed by atoms with Crippen LogP contribution in [0.1, 0.15) is 31.4 Å². The smallest absolute Gasteiger partial charge is 0.319 e. The Morgan fingerprint density at radius 1 is 0.912 bits per heavy atom. The highest BCUT2D eigenvalue weighted by Crippen LogP contribution is 2.17. The highest BCUT2D eigenvalue weighted by atomic mass is 35.5. The molecule has 0 saturated carbocycles. The summed E-state index contributed by atoms with van der Waals surface area (Å²) >= 11 is 6.03. The first-order chi connectivity index (χ1) is 16.5. The van der Waals surface area contributed by atoms with Gasteiger partial charge in [0, 0.05) is 23.8 Å². The van der Waals surface area contributed by atoms with Crippen molar-refractivity contribution in [1.29, 1.82) is 0 Å². The van der Waals surface area contributed by atoms with Crippen LogP contribution in [0, 0.1) is 5.92 Å². The Hall–Kier alpha value is -3.31. The zero-order valence-corrected chi connectivity index (χ0v) is 20.5.